The summed E-state index contributed by atoms with van der Waals surface area (Å²) >= 11 is 6.10. The zero-order chi connectivity index (χ0) is 11.6. The lowest BCUT2D eigenvalue weighted by Gasteiger charge is -2.38. The molecular formula is C13H18ClNO. The van der Waals surface area contributed by atoms with Crippen LogP contribution in [0.2, 0.25) is 5.02 Å². The Balaban J connectivity index is 2.42. The first-order valence-electron chi connectivity index (χ1n) is 5.71. The highest BCUT2D eigenvalue weighted by molar-refractivity contribution is 6.30. The average Bonchev–Trinajstić information content (AvgIpc) is 2.33. The fourth-order valence-electron chi connectivity index (χ4n) is 2.48. The summed E-state index contributed by atoms with van der Waals surface area (Å²) in [5.41, 5.74) is 2.64. The number of rotatable bonds is 2. The van der Waals surface area contributed by atoms with Crippen molar-refractivity contribution in [1.29, 1.82) is 0 Å². The summed E-state index contributed by atoms with van der Waals surface area (Å²) < 4.78 is 5.45. The van der Waals surface area contributed by atoms with Crippen molar-refractivity contribution in [2.24, 2.45) is 0 Å². The van der Waals surface area contributed by atoms with Crippen LogP contribution in [0.15, 0.2) is 18.2 Å². The Kier molecular flexibility index (Phi) is 3.53. The summed E-state index contributed by atoms with van der Waals surface area (Å²) in [7, 11) is 2.02. The van der Waals surface area contributed by atoms with E-state index >= 15 is 0 Å². The molecule has 1 N–H and O–H groups in total. The number of hydrogen-bond donors (Lipinski definition) is 1. The van der Waals surface area contributed by atoms with Gasteiger partial charge in [0.2, 0.25) is 0 Å². The van der Waals surface area contributed by atoms with Gasteiger partial charge in [-0.1, -0.05) is 17.7 Å². The lowest BCUT2D eigenvalue weighted by atomic mass is 9.80. The van der Waals surface area contributed by atoms with E-state index in [1.807, 2.05) is 13.1 Å². The molecule has 1 aliphatic rings. The van der Waals surface area contributed by atoms with Crippen LogP contribution >= 0.6 is 11.6 Å². The van der Waals surface area contributed by atoms with Crippen molar-refractivity contribution in [3.05, 3.63) is 34.3 Å². The normalized spacial score (nSPS) is 19.7. The van der Waals surface area contributed by atoms with Crippen molar-refractivity contribution in [2.45, 2.75) is 25.3 Å². The van der Waals surface area contributed by atoms with E-state index in [1.165, 1.54) is 11.1 Å². The third-order valence-corrected chi connectivity index (χ3v) is 3.78. The van der Waals surface area contributed by atoms with E-state index in [9.17, 15) is 0 Å². The van der Waals surface area contributed by atoms with Gasteiger partial charge in [-0.3, -0.25) is 0 Å². The molecule has 0 bridgehead atoms. The van der Waals surface area contributed by atoms with Gasteiger partial charge in [0, 0.05) is 23.8 Å². The maximum Gasteiger partial charge on any atom is 0.0486 e. The topological polar surface area (TPSA) is 21.3 Å². The first kappa shape index (κ1) is 11.9. The van der Waals surface area contributed by atoms with Crippen LogP contribution in [0.3, 0.4) is 0 Å². The molecule has 0 saturated carbocycles. The molecule has 0 aliphatic carbocycles. The van der Waals surface area contributed by atoms with Gasteiger partial charge in [-0.25, -0.2) is 0 Å². The van der Waals surface area contributed by atoms with E-state index in [1.54, 1.807) is 0 Å². The Bertz CT molecular complexity index is 372. The van der Waals surface area contributed by atoms with Crippen molar-refractivity contribution in [1.82, 2.24) is 5.32 Å². The summed E-state index contributed by atoms with van der Waals surface area (Å²) in [5, 5.41) is 4.27. The van der Waals surface area contributed by atoms with Crippen molar-refractivity contribution in [3.8, 4) is 0 Å². The van der Waals surface area contributed by atoms with Gasteiger partial charge in [0.1, 0.15) is 0 Å². The zero-order valence-electron chi connectivity index (χ0n) is 9.85. The smallest absolute Gasteiger partial charge is 0.0486 e. The second-order valence-electron chi connectivity index (χ2n) is 4.40. The largest absolute Gasteiger partial charge is 0.381 e. The van der Waals surface area contributed by atoms with Crippen LogP contribution in [-0.4, -0.2) is 20.3 Å². The summed E-state index contributed by atoms with van der Waals surface area (Å²) in [6.45, 7) is 3.76. The molecule has 1 heterocycles. The molecule has 3 heteroatoms. The maximum absolute atomic E-state index is 6.10. The second-order valence-corrected chi connectivity index (χ2v) is 4.84. The zero-order valence-corrected chi connectivity index (χ0v) is 10.6. The van der Waals surface area contributed by atoms with Crippen molar-refractivity contribution in [3.63, 3.8) is 0 Å². The fraction of sp³-hybridized carbons (Fsp3) is 0.538. The van der Waals surface area contributed by atoms with E-state index in [4.69, 9.17) is 16.3 Å². The van der Waals surface area contributed by atoms with Crippen LogP contribution in [0.1, 0.15) is 24.0 Å². The Morgan fingerprint density at radius 3 is 2.62 bits per heavy atom. The van der Waals surface area contributed by atoms with Gasteiger partial charge in [0.05, 0.1) is 0 Å². The third-order valence-electron chi connectivity index (χ3n) is 3.54. The molecule has 1 aliphatic heterocycles. The molecule has 0 spiro atoms. The second kappa shape index (κ2) is 4.74. The predicted octanol–water partition coefficient (Wildman–Crippen LogP) is 2.87. The fourth-order valence-corrected chi connectivity index (χ4v) is 2.66. The molecule has 2 rings (SSSR count). The lowest BCUT2D eigenvalue weighted by Crippen LogP contribution is -2.45. The molecule has 0 aromatic heterocycles. The summed E-state index contributed by atoms with van der Waals surface area (Å²) in [4.78, 5) is 0. The highest BCUT2D eigenvalue weighted by Gasteiger charge is 2.33. The predicted molar refractivity (Wildman–Crippen MR) is 67.0 cm³/mol. The van der Waals surface area contributed by atoms with E-state index < -0.39 is 0 Å². The van der Waals surface area contributed by atoms with Gasteiger partial charge < -0.3 is 10.1 Å². The van der Waals surface area contributed by atoms with Gasteiger partial charge in [0.25, 0.3) is 0 Å². The Morgan fingerprint density at radius 2 is 2.00 bits per heavy atom. The standard InChI is InChI=1S/C13H18ClNO/c1-10-3-4-11(14)9-12(10)13(15-2)5-7-16-8-6-13/h3-4,9,15H,5-8H2,1-2H3. The number of aryl methyl sites for hydroxylation is 1. The minimum absolute atomic E-state index is 0.0350. The molecule has 0 amide bonds. The first-order chi connectivity index (χ1) is 7.68. The minimum Gasteiger partial charge on any atom is -0.381 e. The summed E-state index contributed by atoms with van der Waals surface area (Å²) in [5.74, 6) is 0. The van der Waals surface area contributed by atoms with Crippen LogP contribution < -0.4 is 5.32 Å². The van der Waals surface area contributed by atoms with Gasteiger partial charge in [0.15, 0.2) is 0 Å². The minimum atomic E-state index is 0.0350. The molecule has 1 saturated heterocycles. The van der Waals surface area contributed by atoms with Crippen molar-refractivity contribution in [2.75, 3.05) is 20.3 Å². The summed E-state index contributed by atoms with van der Waals surface area (Å²) in [6.07, 6.45) is 2.01. The Morgan fingerprint density at radius 1 is 1.31 bits per heavy atom. The molecule has 16 heavy (non-hydrogen) atoms. The van der Waals surface area contributed by atoms with E-state index in [0.29, 0.717) is 0 Å². The number of hydrogen-bond acceptors (Lipinski definition) is 2. The van der Waals surface area contributed by atoms with E-state index in [-0.39, 0.29) is 5.54 Å². The van der Waals surface area contributed by atoms with Crippen molar-refractivity contribution < 1.29 is 4.74 Å². The molecule has 1 fully saturated rings. The lowest BCUT2D eigenvalue weighted by molar-refractivity contribution is 0.0396. The Hall–Kier alpha value is -0.570. The number of nitrogens with one attached hydrogen (secondary N) is 1. The van der Waals surface area contributed by atoms with Gasteiger partial charge in [-0.05, 0) is 50.1 Å². The monoisotopic (exact) mass is 239 g/mol. The molecule has 2 nitrogen and oxygen atoms in total. The van der Waals surface area contributed by atoms with Gasteiger partial charge in [-0.2, -0.15) is 0 Å². The van der Waals surface area contributed by atoms with Crippen molar-refractivity contribution >= 4 is 11.6 Å². The number of benzene rings is 1. The molecule has 88 valence electrons. The Labute approximate surface area is 102 Å². The number of halogens is 1. The van der Waals surface area contributed by atoms with Gasteiger partial charge >= 0.3 is 0 Å². The maximum atomic E-state index is 6.10. The van der Waals surface area contributed by atoms with Crippen LogP contribution in [0.4, 0.5) is 0 Å². The third kappa shape index (κ3) is 2.10. The van der Waals surface area contributed by atoms with Crippen LogP contribution in [0, 0.1) is 6.92 Å². The molecule has 0 atom stereocenters. The van der Waals surface area contributed by atoms with Crippen LogP contribution in [0.5, 0.6) is 0 Å². The highest BCUT2D eigenvalue weighted by Crippen LogP contribution is 2.35. The average molecular weight is 240 g/mol. The number of ether oxygens (including phenoxy) is 1. The quantitative estimate of drug-likeness (QED) is 0.857. The molecule has 0 radical (unpaired) electrons. The molecule has 1 aromatic rings. The molecule has 0 unspecified atom stereocenters. The highest BCUT2D eigenvalue weighted by atomic mass is 35.5. The summed E-state index contributed by atoms with van der Waals surface area (Å²) in [6, 6.07) is 6.12. The molecular weight excluding hydrogens is 222 g/mol. The van der Waals surface area contributed by atoms with Crippen LogP contribution in [0.25, 0.3) is 0 Å². The SMILES string of the molecule is CNC1(c2cc(Cl)ccc2C)CCOCC1. The first-order valence-corrected chi connectivity index (χ1v) is 6.09. The van der Waals surface area contributed by atoms with E-state index in [2.05, 4.69) is 24.4 Å². The van der Waals surface area contributed by atoms with Crippen LogP contribution in [-0.2, 0) is 10.3 Å². The van der Waals surface area contributed by atoms with E-state index in [0.717, 1.165) is 31.1 Å². The molecule has 1 aromatic carbocycles. The van der Waals surface area contributed by atoms with Gasteiger partial charge in [-0.15, -0.1) is 0 Å².